The number of ether oxygens (including phenoxy) is 1. The van der Waals surface area contributed by atoms with Gasteiger partial charge in [0.15, 0.2) is 0 Å². The van der Waals surface area contributed by atoms with Gasteiger partial charge in [0.1, 0.15) is 5.82 Å². The minimum atomic E-state index is -0.236. The van der Waals surface area contributed by atoms with E-state index in [2.05, 4.69) is 0 Å². The number of amides is 2. The van der Waals surface area contributed by atoms with Gasteiger partial charge in [-0.25, -0.2) is 4.39 Å². The van der Waals surface area contributed by atoms with Crippen LogP contribution in [0, 0.1) is 18.2 Å². The quantitative estimate of drug-likeness (QED) is 0.778. The predicted molar refractivity (Wildman–Crippen MR) is 108 cm³/mol. The smallest absolute Gasteiger partial charge is 0.226 e. The second-order valence-electron chi connectivity index (χ2n) is 9.05. The Hall–Kier alpha value is -1.95. The highest BCUT2D eigenvalue weighted by molar-refractivity contribution is 5.79. The van der Waals surface area contributed by atoms with Gasteiger partial charge >= 0.3 is 0 Å². The third-order valence-electron chi connectivity index (χ3n) is 6.95. The van der Waals surface area contributed by atoms with Crippen molar-refractivity contribution < 1.29 is 18.7 Å². The highest BCUT2D eigenvalue weighted by Crippen LogP contribution is 2.40. The van der Waals surface area contributed by atoms with E-state index in [-0.39, 0.29) is 29.2 Å². The van der Waals surface area contributed by atoms with Crippen molar-refractivity contribution in [3.63, 3.8) is 0 Å². The number of carbonyl (C=O) groups excluding carboxylic acids is 2. The minimum absolute atomic E-state index is 0.106. The van der Waals surface area contributed by atoms with Gasteiger partial charge in [0.2, 0.25) is 11.8 Å². The number of hydrogen-bond donors (Lipinski definition) is 0. The van der Waals surface area contributed by atoms with Crippen LogP contribution in [0.25, 0.3) is 0 Å². The minimum Gasteiger partial charge on any atom is -0.376 e. The molecule has 158 valence electrons. The van der Waals surface area contributed by atoms with Gasteiger partial charge in [0.05, 0.1) is 12.5 Å². The first-order valence-electron chi connectivity index (χ1n) is 10.9. The summed E-state index contributed by atoms with van der Waals surface area (Å²) >= 11 is 0. The summed E-state index contributed by atoms with van der Waals surface area (Å²) in [5.41, 5.74) is 1.57. The van der Waals surface area contributed by atoms with E-state index in [1.807, 2.05) is 9.80 Å². The zero-order chi connectivity index (χ0) is 20.4. The zero-order valence-corrected chi connectivity index (χ0v) is 17.3. The van der Waals surface area contributed by atoms with Gasteiger partial charge in [-0.1, -0.05) is 12.1 Å². The van der Waals surface area contributed by atoms with Gasteiger partial charge < -0.3 is 14.5 Å². The Labute approximate surface area is 172 Å². The number of rotatable bonds is 4. The molecule has 29 heavy (non-hydrogen) atoms. The van der Waals surface area contributed by atoms with Crippen LogP contribution in [0.4, 0.5) is 4.39 Å². The second kappa shape index (κ2) is 8.42. The van der Waals surface area contributed by atoms with Gasteiger partial charge in [0.25, 0.3) is 0 Å². The van der Waals surface area contributed by atoms with E-state index in [4.69, 9.17) is 4.74 Å². The molecule has 4 rings (SSSR count). The van der Waals surface area contributed by atoms with E-state index in [9.17, 15) is 14.0 Å². The van der Waals surface area contributed by atoms with Crippen LogP contribution in [0.1, 0.15) is 49.7 Å². The number of carbonyl (C=O) groups is 2. The van der Waals surface area contributed by atoms with E-state index in [0.29, 0.717) is 24.9 Å². The van der Waals surface area contributed by atoms with Crippen LogP contribution in [-0.4, -0.2) is 60.5 Å². The Bertz CT molecular complexity index is 767. The van der Waals surface area contributed by atoms with Crippen LogP contribution in [0.2, 0.25) is 0 Å². The number of benzene rings is 1. The van der Waals surface area contributed by atoms with Crippen LogP contribution in [-0.2, 0) is 20.7 Å². The molecule has 0 N–H and O–H groups in total. The number of hydrogen-bond acceptors (Lipinski definition) is 3. The Morgan fingerprint density at radius 1 is 1.28 bits per heavy atom. The molecule has 3 heterocycles. The van der Waals surface area contributed by atoms with Crippen molar-refractivity contribution in [3.05, 3.63) is 35.1 Å². The Balaban J connectivity index is 1.32. The maximum atomic E-state index is 13.4. The molecule has 0 radical (unpaired) electrons. The molecule has 6 heteroatoms. The fourth-order valence-corrected chi connectivity index (χ4v) is 5.04. The molecule has 0 bridgehead atoms. The van der Waals surface area contributed by atoms with Crippen molar-refractivity contribution in [1.82, 2.24) is 9.80 Å². The summed E-state index contributed by atoms with van der Waals surface area (Å²) in [7, 11) is 0. The first-order chi connectivity index (χ1) is 13.9. The first kappa shape index (κ1) is 20.3. The molecule has 5 nitrogen and oxygen atoms in total. The van der Waals surface area contributed by atoms with Crippen molar-refractivity contribution in [2.45, 2.75) is 58.0 Å². The molecule has 0 aromatic heterocycles. The summed E-state index contributed by atoms with van der Waals surface area (Å²) in [4.78, 5) is 29.1. The standard InChI is InChI=1S/C23H31FN2O3/c1-17-13-18(4-5-20(17)24)14-22(28)25-10-8-23(9-11-25)7-6-21(27)26(16-23)15-19-3-2-12-29-19/h4-5,13,19H,2-3,6-12,14-16H2,1H3/t19-/m0/s1. The lowest BCUT2D eigenvalue weighted by Gasteiger charge is -2.47. The number of aryl methyl sites for hydroxylation is 1. The van der Waals surface area contributed by atoms with Gasteiger partial charge in [-0.15, -0.1) is 0 Å². The summed E-state index contributed by atoms with van der Waals surface area (Å²) in [6, 6.07) is 4.89. The lowest BCUT2D eigenvalue weighted by Crippen LogP contribution is -2.53. The third-order valence-corrected chi connectivity index (χ3v) is 6.95. The molecule has 0 aliphatic carbocycles. The van der Waals surface area contributed by atoms with E-state index < -0.39 is 0 Å². The summed E-state index contributed by atoms with van der Waals surface area (Å²) in [5.74, 6) is 0.116. The van der Waals surface area contributed by atoms with Crippen LogP contribution < -0.4 is 0 Å². The maximum absolute atomic E-state index is 13.4. The molecule has 1 aromatic rings. The van der Waals surface area contributed by atoms with Crippen molar-refractivity contribution in [3.8, 4) is 0 Å². The van der Waals surface area contributed by atoms with Gasteiger partial charge in [-0.3, -0.25) is 9.59 Å². The number of nitrogens with zero attached hydrogens (tertiary/aromatic N) is 2. The SMILES string of the molecule is Cc1cc(CC(=O)N2CCC3(CCC(=O)N(C[C@@H]4CCCO4)C3)CC2)ccc1F. The molecule has 0 unspecified atom stereocenters. The lowest BCUT2D eigenvalue weighted by atomic mass is 9.72. The Morgan fingerprint density at radius 2 is 2.07 bits per heavy atom. The third kappa shape index (κ3) is 4.63. The molecular formula is C23H31FN2O3. The summed E-state index contributed by atoms with van der Waals surface area (Å²) < 4.78 is 19.2. The van der Waals surface area contributed by atoms with E-state index in [0.717, 1.165) is 63.9 Å². The fraction of sp³-hybridized carbons (Fsp3) is 0.652. The molecule has 1 atom stereocenters. The van der Waals surface area contributed by atoms with Crippen LogP contribution >= 0.6 is 0 Å². The highest BCUT2D eigenvalue weighted by atomic mass is 19.1. The lowest BCUT2D eigenvalue weighted by molar-refractivity contribution is -0.143. The van der Waals surface area contributed by atoms with Crippen LogP contribution in [0.5, 0.6) is 0 Å². The summed E-state index contributed by atoms with van der Waals surface area (Å²) in [6.45, 7) is 5.52. The number of halogens is 1. The van der Waals surface area contributed by atoms with E-state index in [1.54, 1.807) is 19.1 Å². The Morgan fingerprint density at radius 3 is 2.76 bits per heavy atom. The molecule has 1 spiro atoms. The molecule has 3 aliphatic heterocycles. The second-order valence-corrected chi connectivity index (χ2v) is 9.05. The maximum Gasteiger partial charge on any atom is 0.226 e. The topological polar surface area (TPSA) is 49.9 Å². The molecule has 3 aliphatic rings. The van der Waals surface area contributed by atoms with Gasteiger partial charge in [0, 0.05) is 39.2 Å². The fourth-order valence-electron chi connectivity index (χ4n) is 5.04. The summed E-state index contributed by atoms with van der Waals surface area (Å²) in [6.07, 6.45) is 6.05. The van der Waals surface area contributed by atoms with Crippen molar-refractivity contribution in [1.29, 1.82) is 0 Å². The summed E-state index contributed by atoms with van der Waals surface area (Å²) in [5, 5.41) is 0. The average Bonchev–Trinajstić information content (AvgIpc) is 3.21. The molecule has 2 amide bonds. The predicted octanol–water partition coefficient (Wildman–Crippen LogP) is 3.09. The van der Waals surface area contributed by atoms with Crippen LogP contribution in [0.3, 0.4) is 0 Å². The Kier molecular flexibility index (Phi) is 5.91. The largest absolute Gasteiger partial charge is 0.376 e. The van der Waals surface area contributed by atoms with E-state index in [1.165, 1.54) is 6.07 Å². The molecule has 3 fully saturated rings. The zero-order valence-electron chi connectivity index (χ0n) is 17.3. The number of likely N-dealkylation sites (tertiary alicyclic amines) is 2. The normalized spacial score (nSPS) is 24.3. The molecule has 0 saturated carbocycles. The van der Waals surface area contributed by atoms with Crippen molar-refractivity contribution in [2.75, 3.05) is 32.8 Å². The highest BCUT2D eigenvalue weighted by Gasteiger charge is 2.42. The molecular weight excluding hydrogens is 371 g/mol. The number of piperidine rings is 2. The molecule has 1 aromatic carbocycles. The average molecular weight is 403 g/mol. The first-order valence-corrected chi connectivity index (χ1v) is 10.9. The van der Waals surface area contributed by atoms with Crippen LogP contribution in [0.15, 0.2) is 18.2 Å². The van der Waals surface area contributed by atoms with E-state index >= 15 is 0 Å². The monoisotopic (exact) mass is 402 g/mol. The van der Waals surface area contributed by atoms with Crippen molar-refractivity contribution >= 4 is 11.8 Å². The van der Waals surface area contributed by atoms with Crippen molar-refractivity contribution in [2.24, 2.45) is 5.41 Å². The van der Waals surface area contributed by atoms with Gasteiger partial charge in [-0.2, -0.15) is 0 Å². The van der Waals surface area contributed by atoms with Gasteiger partial charge in [-0.05, 0) is 61.6 Å². The molecule has 3 saturated heterocycles.